The van der Waals surface area contributed by atoms with E-state index >= 15 is 0 Å². The molecule has 4 atom stereocenters. The summed E-state index contributed by atoms with van der Waals surface area (Å²) in [4.78, 5) is 5.61. The predicted octanol–water partition coefficient (Wildman–Crippen LogP) is 2.98. The van der Waals surface area contributed by atoms with Crippen LogP contribution in [-0.2, 0) is 0 Å². The van der Waals surface area contributed by atoms with Crippen molar-refractivity contribution in [1.29, 1.82) is 0 Å². The molecule has 0 aromatic rings. The first-order valence-corrected chi connectivity index (χ1v) is 8.22. The van der Waals surface area contributed by atoms with Crippen LogP contribution in [0.5, 0.6) is 0 Å². The Hall–Kier alpha value is -0.0800. The van der Waals surface area contributed by atoms with Crippen LogP contribution in [0.4, 0.5) is 0 Å². The van der Waals surface area contributed by atoms with Crippen LogP contribution in [0.25, 0.3) is 0 Å². The van der Waals surface area contributed by atoms with Crippen LogP contribution in [0.15, 0.2) is 0 Å². The first kappa shape index (κ1) is 12.9. The molecule has 0 aromatic heterocycles. The number of hydrogen-bond donors (Lipinski definition) is 0. The Morgan fingerprint density at radius 2 is 1.67 bits per heavy atom. The Bertz CT molecular complexity index is 278. The SMILES string of the molecule is CC1CCC(N2CCN3CCCCC3C2)C(C)C1. The van der Waals surface area contributed by atoms with Crippen LogP contribution >= 0.6 is 0 Å². The molecule has 3 rings (SSSR count). The third-order valence-corrected chi connectivity index (χ3v) is 5.72. The van der Waals surface area contributed by atoms with Crippen LogP contribution in [0.3, 0.4) is 0 Å². The highest BCUT2D eigenvalue weighted by molar-refractivity contribution is 4.91. The zero-order chi connectivity index (χ0) is 12.5. The molecule has 4 unspecified atom stereocenters. The Labute approximate surface area is 113 Å². The molecule has 2 heteroatoms. The molecule has 0 N–H and O–H groups in total. The molecule has 2 aliphatic heterocycles. The van der Waals surface area contributed by atoms with Gasteiger partial charge < -0.3 is 0 Å². The molecule has 18 heavy (non-hydrogen) atoms. The van der Waals surface area contributed by atoms with Gasteiger partial charge in [-0.05, 0) is 50.5 Å². The number of hydrogen-bond acceptors (Lipinski definition) is 2. The minimum atomic E-state index is 0.888. The molecule has 3 aliphatic rings. The van der Waals surface area contributed by atoms with E-state index in [1.54, 1.807) is 0 Å². The lowest BCUT2D eigenvalue weighted by Gasteiger charge is -2.49. The lowest BCUT2D eigenvalue weighted by atomic mass is 9.78. The second-order valence-corrected chi connectivity index (χ2v) is 7.14. The van der Waals surface area contributed by atoms with Gasteiger partial charge in [-0.2, -0.15) is 0 Å². The van der Waals surface area contributed by atoms with Crippen molar-refractivity contribution in [3.05, 3.63) is 0 Å². The van der Waals surface area contributed by atoms with Crippen LogP contribution in [-0.4, -0.2) is 48.1 Å². The van der Waals surface area contributed by atoms with Crippen molar-refractivity contribution in [2.24, 2.45) is 11.8 Å². The van der Waals surface area contributed by atoms with Gasteiger partial charge in [0.15, 0.2) is 0 Å². The van der Waals surface area contributed by atoms with Crippen molar-refractivity contribution >= 4 is 0 Å². The number of rotatable bonds is 1. The van der Waals surface area contributed by atoms with Gasteiger partial charge in [0.1, 0.15) is 0 Å². The summed E-state index contributed by atoms with van der Waals surface area (Å²) < 4.78 is 0. The highest BCUT2D eigenvalue weighted by atomic mass is 15.3. The van der Waals surface area contributed by atoms with Crippen molar-refractivity contribution < 1.29 is 0 Å². The van der Waals surface area contributed by atoms with Crippen LogP contribution in [0.2, 0.25) is 0 Å². The van der Waals surface area contributed by atoms with E-state index in [4.69, 9.17) is 0 Å². The molecule has 0 spiro atoms. The average molecular weight is 250 g/mol. The minimum absolute atomic E-state index is 0.888. The minimum Gasteiger partial charge on any atom is -0.298 e. The van der Waals surface area contributed by atoms with E-state index < -0.39 is 0 Å². The molecule has 0 bridgehead atoms. The highest BCUT2D eigenvalue weighted by Crippen LogP contribution is 2.33. The van der Waals surface area contributed by atoms with E-state index in [1.165, 1.54) is 64.7 Å². The summed E-state index contributed by atoms with van der Waals surface area (Å²) in [5, 5.41) is 0. The zero-order valence-electron chi connectivity index (χ0n) is 12.3. The summed E-state index contributed by atoms with van der Waals surface area (Å²) in [6, 6.07) is 1.78. The predicted molar refractivity (Wildman–Crippen MR) is 76.8 cm³/mol. The maximum Gasteiger partial charge on any atom is 0.0223 e. The Morgan fingerprint density at radius 3 is 2.50 bits per heavy atom. The van der Waals surface area contributed by atoms with Crippen molar-refractivity contribution in [3.63, 3.8) is 0 Å². The fraction of sp³-hybridized carbons (Fsp3) is 1.00. The molecule has 1 aliphatic carbocycles. The van der Waals surface area contributed by atoms with Gasteiger partial charge in [0.05, 0.1) is 0 Å². The maximum atomic E-state index is 2.85. The normalized spacial score (nSPS) is 43.7. The van der Waals surface area contributed by atoms with Gasteiger partial charge in [-0.25, -0.2) is 0 Å². The van der Waals surface area contributed by atoms with E-state index in [0.717, 1.165) is 23.9 Å². The lowest BCUT2D eigenvalue weighted by Crippen LogP contribution is -2.58. The maximum absolute atomic E-state index is 2.85. The number of piperidine rings is 1. The smallest absolute Gasteiger partial charge is 0.0223 e. The van der Waals surface area contributed by atoms with Gasteiger partial charge in [-0.15, -0.1) is 0 Å². The Balaban J connectivity index is 1.59. The van der Waals surface area contributed by atoms with Crippen molar-refractivity contribution in [1.82, 2.24) is 9.80 Å². The van der Waals surface area contributed by atoms with E-state index in [-0.39, 0.29) is 0 Å². The van der Waals surface area contributed by atoms with E-state index in [9.17, 15) is 0 Å². The van der Waals surface area contributed by atoms with E-state index in [2.05, 4.69) is 23.6 Å². The molecule has 104 valence electrons. The Kier molecular flexibility index (Phi) is 3.95. The zero-order valence-corrected chi connectivity index (χ0v) is 12.3. The fourth-order valence-electron chi connectivity index (χ4n) is 4.67. The first-order chi connectivity index (χ1) is 8.74. The molecular formula is C16H30N2. The standard InChI is InChI=1S/C16H30N2/c1-13-6-7-16(14(2)11-13)18-10-9-17-8-4-3-5-15(17)12-18/h13-16H,3-12H2,1-2H3. The highest BCUT2D eigenvalue weighted by Gasteiger charge is 2.35. The third-order valence-electron chi connectivity index (χ3n) is 5.72. The summed E-state index contributed by atoms with van der Waals surface area (Å²) in [7, 11) is 0. The molecule has 0 aromatic carbocycles. The average Bonchev–Trinajstić information content (AvgIpc) is 2.38. The molecule has 0 radical (unpaired) electrons. The molecule has 2 heterocycles. The summed E-state index contributed by atoms with van der Waals surface area (Å²) in [5.41, 5.74) is 0. The van der Waals surface area contributed by atoms with Gasteiger partial charge >= 0.3 is 0 Å². The van der Waals surface area contributed by atoms with E-state index in [1.807, 2.05) is 0 Å². The molecule has 2 saturated heterocycles. The largest absolute Gasteiger partial charge is 0.298 e. The molecule has 1 saturated carbocycles. The van der Waals surface area contributed by atoms with Gasteiger partial charge in [0.2, 0.25) is 0 Å². The number of piperazine rings is 1. The number of fused-ring (bicyclic) bond motifs is 1. The topological polar surface area (TPSA) is 6.48 Å². The van der Waals surface area contributed by atoms with Crippen molar-refractivity contribution in [2.75, 3.05) is 26.2 Å². The second kappa shape index (κ2) is 5.50. The molecular weight excluding hydrogens is 220 g/mol. The molecule has 0 amide bonds. The molecule has 2 nitrogen and oxygen atoms in total. The quantitative estimate of drug-likeness (QED) is 0.706. The lowest BCUT2D eigenvalue weighted by molar-refractivity contribution is -0.000843. The molecule has 3 fully saturated rings. The summed E-state index contributed by atoms with van der Waals surface area (Å²) in [6.07, 6.45) is 8.72. The second-order valence-electron chi connectivity index (χ2n) is 7.14. The summed E-state index contributed by atoms with van der Waals surface area (Å²) in [6.45, 7) is 10.3. The van der Waals surface area contributed by atoms with Gasteiger partial charge in [0.25, 0.3) is 0 Å². The summed E-state index contributed by atoms with van der Waals surface area (Å²) in [5.74, 6) is 1.89. The van der Waals surface area contributed by atoms with Crippen molar-refractivity contribution in [3.8, 4) is 0 Å². The van der Waals surface area contributed by atoms with Gasteiger partial charge in [-0.3, -0.25) is 9.80 Å². The third kappa shape index (κ3) is 2.60. The summed E-state index contributed by atoms with van der Waals surface area (Å²) >= 11 is 0. The Morgan fingerprint density at radius 1 is 0.833 bits per heavy atom. The van der Waals surface area contributed by atoms with Crippen LogP contribution in [0.1, 0.15) is 52.4 Å². The van der Waals surface area contributed by atoms with Crippen molar-refractivity contribution in [2.45, 2.75) is 64.5 Å². The van der Waals surface area contributed by atoms with Gasteiger partial charge in [-0.1, -0.05) is 20.3 Å². The van der Waals surface area contributed by atoms with Crippen LogP contribution < -0.4 is 0 Å². The van der Waals surface area contributed by atoms with E-state index in [0.29, 0.717) is 0 Å². The van der Waals surface area contributed by atoms with Gasteiger partial charge in [0, 0.05) is 31.7 Å². The first-order valence-electron chi connectivity index (χ1n) is 8.22. The van der Waals surface area contributed by atoms with Crippen LogP contribution in [0, 0.1) is 11.8 Å². The fourth-order valence-corrected chi connectivity index (χ4v) is 4.67. The monoisotopic (exact) mass is 250 g/mol. The number of nitrogens with zero attached hydrogens (tertiary/aromatic N) is 2.